The summed E-state index contributed by atoms with van der Waals surface area (Å²) in [4.78, 5) is 15.6. The van der Waals surface area contributed by atoms with Crippen LogP contribution in [0.2, 0.25) is 0 Å². The van der Waals surface area contributed by atoms with Gasteiger partial charge < -0.3 is 0 Å². The van der Waals surface area contributed by atoms with E-state index in [0.29, 0.717) is 11.6 Å². The highest BCUT2D eigenvalue weighted by Crippen LogP contribution is 2.37. The van der Waals surface area contributed by atoms with Crippen molar-refractivity contribution in [2.75, 3.05) is 0 Å². The Bertz CT molecular complexity index is 1890. The number of aromatic nitrogens is 3. The first-order valence-electron chi connectivity index (χ1n) is 14.4. The zero-order valence-electron chi connectivity index (χ0n) is 23.2. The molecule has 0 fully saturated rings. The average molecular weight is 530 g/mol. The first kappa shape index (κ1) is 25.1. The Kier molecular flexibility index (Phi) is 6.70. The van der Waals surface area contributed by atoms with Crippen molar-refractivity contribution in [3.63, 3.8) is 0 Å². The lowest BCUT2D eigenvalue weighted by atomic mass is 9.87. The van der Waals surface area contributed by atoms with Gasteiger partial charge in [0.1, 0.15) is 0 Å². The summed E-state index contributed by atoms with van der Waals surface area (Å²) in [5.74, 6) is 2.13. The average Bonchev–Trinajstić information content (AvgIpc) is 3.06. The van der Waals surface area contributed by atoms with Gasteiger partial charge in [0, 0.05) is 16.7 Å². The van der Waals surface area contributed by atoms with Crippen molar-refractivity contribution in [2.45, 2.75) is 32.6 Å². The van der Waals surface area contributed by atoms with Gasteiger partial charge in [-0.2, -0.15) is 0 Å². The molecule has 5 aromatic rings. The minimum atomic E-state index is 0.692. The second-order valence-electron chi connectivity index (χ2n) is 10.7. The smallest absolute Gasteiger partial charge is 0.164 e. The van der Waals surface area contributed by atoms with Crippen molar-refractivity contribution in [1.29, 1.82) is 0 Å². The molecule has 3 nitrogen and oxygen atoms in total. The molecular formula is C38H31N3. The number of hydrogen-bond acceptors (Lipinski definition) is 3. The van der Waals surface area contributed by atoms with Crippen molar-refractivity contribution in [2.24, 2.45) is 0 Å². The van der Waals surface area contributed by atoms with Crippen molar-refractivity contribution < 1.29 is 0 Å². The van der Waals surface area contributed by atoms with Gasteiger partial charge >= 0.3 is 0 Å². The minimum absolute atomic E-state index is 0.692. The van der Waals surface area contributed by atoms with Crippen molar-refractivity contribution in [3.05, 3.63) is 144 Å². The Balaban J connectivity index is 1.50. The van der Waals surface area contributed by atoms with Crippen molar-refractivity contribution in [1.82, 2.24) is 15.0 Å². The zero-order valence-corrected chi connectivity index (χ0v) is 23.2. The quantitative estimate of drug-likeness (QED) is 0.227. The summed E-state index contributed by atoms with van der Waals surface area (Å²) in [6.07, 6.45) is 15.3. The number of aryl methyl sites for hydroxylation is 1. The molecule has 4 aromatic carbocycles. The van der Waals surface area contributed by atoms with Crippen LogP contribution in [0.3, 0.4) is 0 Å². The number of fused-ring (bicyclic) bond motifs is 1. The summed E-state index contributed by atoms with van der Waals surface area (Å²) >= 11 is 0. The molecule has 0 aliphatic heterocycles. The van der Waals surface area contributed by atoms with E-state index in [1.165, 1.54) is 22.1 Å². The van der Waals surface area contributed by atoms with E-state index in [2.05, 4.69) is 122 Å². The molecule has 0 unspecified atom stereocenters. The normalized spacial score (nSPS) is 14.9. The topological polar surface area (TPSA) is 38.7 Å². The third-order valence-corrected chi connectivity index (χ3v) is 8.08. The molecule has 0 amide bonds. The molecule has 0 saturated carbocycles. The van der Waals surface area contributed by atoms with E-state index in [1.807, 2.05) is 6.07 Å². The number of allylic oxidation sites excluding steroid dienone is 8. The molecule has 0 saturated heterocycles. The van der Waals surface area contributed by atoms with Crippen LogP contribution in [0, 0.1) is 6.92 Å². The molecule has 0 spiro atoms. The van der Waals surface area contributed by atoms with Gasteiger partial charge in [-0.05, 0) is 71.2 Å². The van der Waals surface area contributed by atoms with Crippen LogP contribution >= 0.6 is 0 Å². The highest BCUT2D eigenvalue weighted by Gasteiger charge is 2.21. The second kappa shape index (κ2) is 10.9. The Hall–Kier alpha value is -4.89. The van der Waals surface area contributed by atoms with Gasteiger partial charge in [-0.25, -0.2) is 15.0 Å². The van der Waals surface area contributed by atoms with Gasteiger partial charge in [-0.1, -0.05) is 121 Å². The number of nitrogens with zero attached hydrogens (tertiary/aromatic N) is 3. The van der Waals surface area contributed by atoms with Crippen molar-refractivity contribution >= 4 is 16.3 Å². The van der Waals surface area contributed by atoms with Crippen LogP contribution in [0.25, 0.3) is 50.2 Å². The molecule has 198 valence electrons. The highest BCUT2D eigenvalue weighted by atomic mass is 15.0. The second-order valence-corrected chi connectivity index (χ2v) is 10.7. The Morgan fingerprint density at radius 1 is 0.561 bits per heavy atom. The van der Waals surface area contributed by atoms with E-state index in [1.54, 1.807) is 0 Å². The third kappa shape index (κ3) is 4.85. The molecule has 1 heterocycles. The third-order valence-electron chi connectivity index (χ3n) is 8.08. The maximum absolute atomic E-state index is 5.21. The van der Waals surface area contributed by atoms with Gasteiger partial charge in [0.15, 0.2) is 17.5 Å². The molecule has 0 bridgehead atoms. The van der Waals surface area contributed by atoms with Gasteiger partial charge in [-0.3, -0.25) is 0 Å². The van der Waals surface area contributed by atoms with Crippen LogP contribution < -0.4 is 0 Å². The van der Waals surface area contributed by atoms with E-state index in [0.717, 1.165) is 64.7 Å². The molecule has 2 aliphatic rings. The highest BCUT2D eigenvalue weighted by molar-refractivity contribution is 5.97. The number of hydrogen-bond donors (Lipinski definition) is 0. The monoisotopic (exact) mass is 529 g/mol. The zero-order chi connectivity index (χ0) is 27.6. The van der Waals surface area contributed by atoms with Crippen LogP contribution in [0.5, 0.6) is 0 Å². The van der Waals surface area contributed by atoms with Crippen LogP contribution in [0.4, 0.5) is 0 Å². The van der Waals surface area contributed by atoms with Crippen LogP contribution in [-0.2, 0) is 0 Å². The summed E-state index contributed by atoms with van der Waals surface area (Å²) in [7, 11) is 0. The van der Waals surface area contributed by atoms with Gasteiger partial charge in [-0.15, -0.1) is 0 Å². The fourth-order valence-corrected chi connectivity index (χ4v) is 5.99. The maximum Gasteiger partial charge on any atom is 0.164 e. The fourth-order valence-electron chi connectivity index (χ4n) is 5.99. The van der Waals surface area contributed by atoms with E-state index >= 15 is 0 Å². The maximum atomic E-state index is 5.21. The van der Waals surface area contributed by atoms with E-state index < -0.39 is 0 Å². The first-order chi connectivity index (χ1) is 20.3. The summed E-state index contributed by atoms with van der Waals surface area (Å²) in [6, 6.07) is 31.8. The SMILES string of the molecule is Cc1ccc(-c2nc(C3=C(C4=CC=CCC4)CCC=C3)nc(-c3ccccc3-c3ccccc3)n2)c2ccccc12. The fraction of sp³-hybridized carbons (Fsp3) is 0.132. The summed E-state index contributed by atoms with van der Waals surface area (Å²) < 4.78 is 0. The summed E-state index contributed by atoms with van der Waals surface area (Å²) in [5, 5.41) is 2.37. The van der Waals surface area contributed by atoms with E-state index in [4.69, 9.17) is 15.0 Å². The predicted molar refractivity (Wildman–Crippen MR) is 170 cm³/mol. The van der Waals surface area contributed by atoms with Crippen molar-refractivity contribution in [3.8, 4) is 33.9 Å². The summed E-state index contributed by atoms with van der Waals surface area (Å²) in [5.41, 5.74) is 9.37. The number of rotatable bonds is 5. The van der Waals surface area contributed by atoms with Gasteiger partial charge in [0.25, 0.3) is 0 Å². The Labute approximate surface area is 241 Å². The lowest BCUT2D eigenvalue weighted by Crippen LogP contribution is -2.07. The molecule has 0 atom stereocenters. The van der Waals surface area contributed by atoms with Crippen LogP contribution in [0.1, 0.15) is 37.1 Å². The molecule has 41 heavy (non-hydrogen) atoms. The van der Waals surface area contributed by atoms with Crippen LogP contribution in [-0.4, -0.2) is 15.0 Å². The molecule has 0 N–H and O–H groups in total. The lowest BCUT2D eigenvalue weighted by Gasteiger charge is -2.20. The molecular weight excluding hydrogens is 498 g/mol. The summed E-state index contributed by atoms with van der Waals surface area (Å²) in [6.45, 7) is 2.16. The lowest BCUT2D eigenvalue weighted by molar-refractivity contribution is 0.896. The molecule has 1 aromatic heterocycles. The predicted octanol–water partition coefficient (Wildman–Crippen LogP) is 9.71. The van der Waals surface area contributed by atoms with Gasteiger partial charge in [0.05, 0.1) is 0 Å². The van der Waals surface area contributed by atoms with E-state index in [-0.39, 0.29) is 0 Å². The Morgan fingerprint density at radius 3 is 2.05 bits per heavy atom. The minimum Gasteiger partial charge on any atom is -0.208 e. The standard InChI is InChI=1S/C38H31N3/c1-26-24-25-35(32-21-11-8-18-29(26)32)38-40-36(33-22-12-9-19-30(33)27-14-4-2-5-15-27)39-37(41-38)34-23-13-10-20-31(34)28-16-6-3-7-17-28/h2-6,8-9,11-16,18-19,21-25H,7,10,17,20H2,1H3. The number of benzene rings is 4. The largest absolute Gasteiger partial charge is 0.208 e. The molecule has 0 radical (unpaired) electrons. The molecule has 7 rings (SSSR count). The van der Waals surface area contributed by atoms with Crippen LogP contribution in [0.15, 0.2) is 133 Å². The molecule has 2 aliphatic carbocycles. The first-order valence-corrected chi connectivity index (χ1v) is 14.4. The molecule has 3 heteroatoms. The van der Waals surface area contributed by atoms with Gasteiger partial charge in [0.2, 0.25) is 0 Å². The van der Waals surface area contributed by atoms with E-state index in [9.17, 15) is 0 Å². The Morgan fingerprint density at radius 2 is 1.24 bits per heavy atom.